The lowest BCUT2D eigenvalue weighted by Crippen LogP contribution is -2.63. The molecule has 0 atom stereocenters. The second-order valence-electron chi connectivity index (χ2n) is 6.42. The molecule has 1 aromatic carbocycles. The van der Waals surface area contributed by atoms with Crippen LogP contribution >= 0.6 is 0 Å². The molecule has 1 aliphatic heterocycles. The Kier molecular flexibility index (Phi) is 5.17. The Morgan fingerprint density at radius 1 is 1.31 bits per heavy atom. The van der Waals surface area contributed by atoms with E-state index in [1.807, 2.05) is 6.07 Å². The highest BCUT2D eigenvalue weighted by molar-refractivity contribution is 5.98. The number of aromatic nitrogens is 2. The molecule has 1 aromatic heterocycles. The number of nitriles is 1. The fourth-order valence-electron chi connectivity index (χ4n) is 2.88. The molecule has 3 N–H and O–H groups in total. The van der Waals surface area contributed by atoms with Crippen LogP contribution in [0.15, 0.2) is 36.5 Å². The van der Waals surface area contributed by atoms with E-state index in [1.165, 1.54) is 10.9 Å². The van der Waals surface area contributed by atoms with Crippen molar-refractivity contribution in [3.05, 3.63) is 42.1 Å². The first-order chi connectivity index (χ1) is 13.6. The Morgan fingerprint density at radius 2 is 1.97 bits per heavy atom. The van der Waals surface area contributed by atoms with E-state index < -0.39 is 23.6 Å². The van der Waals surface area contributed by atoms with Crippen LogP contribution in [-0.2, 0) is 15.2 Å². The van der Waals surface area contributed by atoms with Crippen LogP contribution in [0.2, 0.25) is 0 Å². The first kappa shape index (κ1) is 20.2. The van der Waals surface area contributed by atoms with Gasteiger partial charge in [-0.05, 0) is 12.1 Å². The topological polar surface area (TPSA) is 126 Å². The second-order valence-corrected chi connectivity index (χ2v) is 6.42. The molecule has 0 unspecified atom stereocenters. The molecule has 2 heterocycles. The summed E-state index contributed by atoms with van der Waals surface area (Å²) >= 11 is 0. The zero-order valence-electron chi connectivity index (χ0n) is 14.8. The summed E-state index contributed by atoms with van der Waals surface area (Å²) in [6.07, 6.45) is -3.96. The van der Waals surface area contributed by atoms with Crippen molar-refractivity contribution in [3.63, 3.8) is 0 Å². The van der Waals surface area contributed by atoms with E-state index in [-0.39, 0.29) is 30.9 Å². The molecule has 1 aliphatic rings. The lowest BCUT2D eigenvalue weighted by molar-refractivity contribution is -0.269. The molecule has 0 aliphatic carbocycles. The smallest absolute Gasteiger partial charge is 0.365 e. The molecule has 0 spiro atoms. The molecule has 0 bridgehead atoms. The number of hydroxylamine groups is 2. The zero-order valence-corrected chi connectivity index (χ0v) is 14.8. The average molecular weight is 408 g/mol. The number of nitrogens with zero attached hydrogens (tertiary/aromatic N) is 4. The predicted octanol–water partition coefficient (Wildman–Crippen LogP) is 1.67. The standard InChI is InChI=1S/C17H15F3N6O3/c18-17(19,20)15(28)29-25-9-16(10-25,6-7-21)26-8-12(13(22)27)14(24-26)23-11-4-2-1-3-5-11/h1-5,8H,6,9-10H2,(H2,22,27)(H,23,24). The summed E-state index contributed by atoms with van der Waals surface area (Å²) in [6.45, 7) is -0.430. The molecule has 152 valence electrons. The Hall–Kier alpha value is -3.59. The van der Waals surface area contributed by atoms with E-state index in [9.17, 15) is 22.8 Å². The van der Waals surface area contributed by atoms with Gasteiger partial charge in [0.25, 0.3) is 5.91 Å². The van der Waals surface area contributed by atoms with E-state index in [0.717, 1.165) is 5.06 Å². The summed E-state index contributed by atoms with van der Waals surface area (Å²) in [6, 6.07) is 10.7. The number of halogens is 3. The third-order valence-corrected chi connectivity index (χ3v) is 4.30. The highest BCUT2D eigenvalue weighted by Gasteiger charge is 2.51. The Morgan fingerprint density at radius 3 is 2.52 bits per heavy atom. The van der Waals surface area contributed by atoms with Crippen LogP contribution in [-0.4, -0.2) is 46.0 Å². The van der Waals surface area contributed by atoms with Crippen molar-refractivity contribution in [2.75, 3.05) is 18.4 Å². The molecular weight excluding hydrogens is 393 g/mol. The lowest BCUT2D eigenvalue weighted by Gasteiger charge is -2.46. The first-order valence-electron chi connectivity index (χ1n) is 8.28. The summed E-state index contributed by atoms with van der Waals surface area (Å²) in [5, 5.41) is 17.1. The number of nitrogens with one attached hydrogen (secondary N) is 1. The van der Waals surface area contributed by atoms with Gasteiger partial charge in [-0.3, -0.25) is 9.48 Å². The van der Waals surface area contributed by atoms with Crippen LogP contribution in [0.3, 0.4) is 0 Å². The number of primary amides is 1. The minimum Gasteiger partial charge on any atom is -0.365 e. The van der Waals surface area contributed by atoms with Crippen LogP contribution in [0.25, 0.3) is 0 Å². The van der Waals surface area contributed by atoms with E-state index >= 15 is 0 Å². The fraction of sp³-hybridized carbons (Fsp3) is 0.294. The molecule has 1 saturated heterocycles. The zero-order chi connectivity index (χ0) is 21.2. The largest absolute Gasteiger partial charge is 0.492 e. The average Bonchev–Trinajstić information content (AvgIpc) is 3.04. The van der Waals surface area contributed by atoms with E-state index in [2.05, 4.69) is 15.3 Å². The van der Waals surface area contributed by atoms with E-state index in [0.29, 0.717) is 5.69 Å². The van der Waals surface area contributed by atoms with Gasteiger partial charge in [0.15, 0.2) is 5.82 Å². The third kappa shape index (κ3) is 4.14. The van der Waals surface area contributed by atoms with Crippen molar-refractivity contribution in [3.8, 4) is 6.07 Å². The molecule has 2 aromatic rings. The van der Waals surface area contributed by atoms with Gasteiger partial charge in [-0.15, -0.1) is 5.06 Å². The number of alkyl halides is 3. The summed E-state index contributed by atoms with van der Waals surface area (Å²) in [5.41, 5.74) is 4.98. The van der Waals surface area contributed by atoms with Crippen LogP contribution in [0, 0.1) is 11.3 Å². The Labute approximate surface area is 162 Å². The van der Waals surface area contributed by atoms with Crippen LogP contribution < -0.4 is 11.1 Å². The van der Waals surface area contributed by atoms with Gasteiger partial charge in [0.05, 0.1) is 25.6 Å². The predicted molar refractivity (Wildman–Crippen MR) is 92.4 cm³/mol. The maximum atomic E-state index is 12.4. The van der Waals surface area contributed by atoms with Crippen molar-refractivity contribution >= 4 is 23.4 Å². The quantitative estimate of drug-likeness (QED) is 0.744. The normalized spacial score (nSPS) is 15.8. The number of nitrogens with two attached hydrogens (primary N) is 1. The molecule has 0 saturated carbocycles. The fourth-order valence-corrected chi connectivity index (χ4v) is 2.88. The van der Waals surface area contributed by atoms with E-state index in [1.54, 1.807) is 30.3 Å². The van der Waals surface area contributed by atoms with Gasteiger partial charge in [0.1, 0.15) is 11.1 Å². The SMILES string of the molecule is N#CCC1(n2cc(C(N)=O)c(Nc3ccccc3)n2)CN(OC(=O)C(F)(F)F)C1. The molecule has 1 fully saturated rings. The van der Waals surface area contributed by atoms with Crippen LogP contribution in [0.1, 0.15) is 16.8 Å². The van der Waals surface area contributed by atoms with Crippen molar-refractivity contribution in [2.45, 2.75) is 18.1 Å². The number of carbonyl (C=O) groups is 2. The first-order valence-corrected chi connectivity index (χ1v) is 8.28. The van der Waals surface area contributed by atoms with Gasteiger partial charge >= 0.3 is 12.1 Å². The molecule has 29 heavy (non-hydrogen) atoms. The number of anilines is 2. The Balaban J connectivity index is 1.84. The summed E-state index contributed by atoms with van der Waals surface area (Å²) < 4.78 is 38.4. The minimum atomic E-state index is -5.13. The molecule has 0 radical (unpaired) electrons. The summed E-state index contributed by atoms with van der Waals surface area (Å²) in [4.78, 5) is 27.0. The Bertz CT molecular complexity index is 961. The van der Waals surface area contributed by atoms with Crippen LogP contribution in [0.5, 0.6) is 0 Å². The number of para-hydroxylation sites is 1. The maximum absolute atomic E-state index is 12.4. The number of carbonyl (C=O) groups excluding carboxylic acids is 2. The second kappa shape index (κ2) is 7.44. The van der Waals surface area contributed by atoms with Crippen molar-refractivity contribution in [1.82, 2.24) is 14.8 Å². The number of amides is 1. The van der Waals surface area contributed by atoms with Gasteiger partial charge in [-0.25, -0.2) is 4.79 Å². The summed E-state index contributed by atoms with van der Waals surface area (Å²) in [5.74, 6) is -3.00. The molecule has 9 nitrogen and oxygen atoms in total. The van der Waals surface area contributed by atoms with Crippen LogP contribution in [0.4, 0.5) is 24.7 Å². The van der Waals surface area contributed by atoms with Gasteiger partial charge in [-0.1, -0.05) is 18.2 Å². The maximum Gasteiger partial charge on any atom is 0.492 e. The molecule has 12 heteroatoms. The molecule has 1 amide bonds. The third-order valence-electron chi connectivity index (χ3n) is 4.30. The highest BCUT2D eigenvalue weighted by Crippen LogP contribution is 2.35. The van der Waals surface area contributed by atoms with Crippen molar-refractivity contribution in [2.24, 2.45) is 5.73 Å². The number of rotatable bonds is 6. The molecular formula is C17H15F3N6O3. The van der Waals surface area contributed by atoms with E-state index in [4.69, 9.17) is 11.0 Å². The van der Waals surface area contributed by atoms with Gasteiger partial charge in [-0.2, -0.15) is 23.5 Å². The lowest BCUT2D eigenvalue weighted by atomic mass is 9.89. The number of hydrogen-bond acceptors (Lipinski definition) is 7. The number of benzene rings is 1. The monoisotopic (exact) mass is 408 g/mol. The molecule has 3 rings (SSSR count). The van der Waals surface area contributed by atoms with Gasteiger partial charge < -0.3 is 15.9 Å². The summed E-state index contributed by atoms with van der Waals surface area (Å²) in [7, 11) is 0. The minimum absolute atomic E-state index is 0.0388. The van der Waals surface area contributed by atoms with Gasteiger partial charge in [0.2, 0.25) is 0 Å². The van der Waals surface area contributed by atoms with Gasteiger partial charge in [0, 0.05) is 11.9 Å². The van der Waals surface area contributed by atoms with Crippen molar-refractivity contribution < 1.29 is 27.6 Å². The van der Waals surface area contributed by atoms with Crippen molar-refractivity contribution in [1.29, 1.82) is 5.26 Å². The number of hydrogen-bond donors (Lipinski definition) is 2. The highest BCUT2D eigenvalue weighted by atomic mass is 19.4.